The van der Waals surface area contributed by atoms with Gasteiger partial charge in [-0.25, -0.2) is 4.98 Å². The minimum atomic E-state index is -0.713. The molecule has 264 valence electrons. The monoisotopic (exact) mass is 725 g/mol. The van der Waals surface area contributed by atoms with E-state index in [2.05, 4.69) is 149 Å². The Hall–Kier alpha value is -7.63. The average Bonchev–Trinajstić information content (AvgIpc) is 3.88. The van der Waals surface area contributed by atoms with Crippen molar-refractivity contribution in [3.63, 3.8) is 0 Å². The number of aromatic nitrogens is 5. The molecule has 6 aromatic carbocycles. The van der Waals surface area contributed by atoms with E-state index >= 15 is 0 Å². The number of nitrogens with zero attached hydrogens (tertiary/aromatic N) is 5. The molecule has 5 nitrogen and oxygen atoms in total. The molecule has 1 unspecified atom stereocenters. The Morgan fingerprint density at radius 2 is 0.982 bits per heavy atom. The van der Waals surface area contributed by atoms with E-state index in [0.29, 0.717) is 0 Å². The van der Waals surface area contributed by atoms with Crippen LogP contribution in [-0.2, 0) is 5.54 Å². The van der Waals surface area contributed by atoms with Crippen LogP contribution in [0.1, 0.15) is 16.7 Å². The van der Waals surface area contributed by atoms with Crippen LogP contribution in [0.4, 0.5) is 0 Å². The summed E-state index contributed by atoms with van der Waals surface area (Å²) < 4.78 is 5.24. The molecule has 0 radical (unpaired) electrons. The molecular weight excluding hydrogens is 695 g/mol. The zero-order valence-electron chi connectivity index (χ0n) is 30.6. The Labute approximate surface area is 327 Å². The zero-order chi connectivity index (χ0) is 37.2. The molecule has 0 fully saturated rings. The van der Waals surface area contributed by atoms with E-state index in [4.69, 9.17) is 15.0 Å². The average molecular weight is 726 g/mol. The third-order valence-corrected chi connectivity index (χ3v) is 12.4. The van der Waals surface area contributed by atoms with Gasteiger partial charge in [0, 0.05) is 39.5 Å². The largest absolute Gasteiger partial charge is 0.320 e. The Morgan fingerprint density at radius 3 is 1.72 bits per heavy atom. The van der Waals surface area contributed by atoms with Gasteiger partial charge in [0.15, 0.2) is 0 Å². The molecule has 6 heterocycles. The standard InChI is InChI=1S/C52H31N5/c1-4-16-40-34(13-1)35-24-23-32(33-30-45(43-18-9-11-27-53-43)55-46(31-33)44-19-10-12-28-54-44)29-42(35)52(40)41-17-5-8-22-49(41)56-47-20-6-2-14-36(47)38-25-26-39-37-15-3-7-21-48(37)57(52)51(39)50(38)56/h1-31H. The number of rotatable bonds is 3. The van der Waals surface area contributed by atoms with E-state index in [9.17, 15) is 0 Å². The zero-order valence-corrected chi connectivity index (χ0v) is 30.6. The fourth-order valence-corrected chi connectivity index (χ4v) is 10.2. The van der Waals surface area contributed by atoms with Crippen molar-refractivity contribution in [1.82, 2.24) is 24.1 Å². The van der Waals surface area contributed by atoms with Crippen molar-refractivity contribution in [1.29, 1.82) is 0 Å². The summed E-state index contributed by atoms with van der Waals surface area (Å²) in [4.78, 5) is 14.6. The molecule has 0 N–H and O–H groups in total. The highest BCUT2D eigenvalue weighted by Gasteiger charge is 2.50. The third kappa shape index (κ3) is 3.94. The Morgan fingerprint density at radius 1 is 0.386 bits per heavy atom. The predicted octanol–water partition coefficient (Wildman–Crippen LogP) is 12.2. The second-order valence-electron chi connectivity index (χ2n) is 15.2. The Kier molecular flexibility index (Phi) is 6.04. The summed E-state index contributed by atoms with van der Waals surface area (Å²) in [6, 6.07) is 64.1. The lowest BCUT2D eigenvalue weighted by Gasteiger charge is -2.36. The first-order valence-electron chi connectivity index (χ1n) is 19.4. The molecule has 13 rings (SSSR count). The van der Waals surface area contributed by atoms with Crippen molar-refractivity contribution in [3.05, 3.63) is 205 Å². The van der Waals surface area contributed by atoms with Gasteiger partial charge in [0.25, 0.3) is 0 Å². The Balaban J connectivity index is 1.20. The molecule has 2 aliphatic rings. The lowest BCUT2D eigenvalue weighted by Crippen LogP contribution is -2.36. The second kappa shape index (κ2) is 11.2. The number of benzene rings is 6. The molecule has 1 aliphatic carbocycles. The van der Waals surface area contributed by atoms with E-state index in [0.717, 1.165) is 33.9 Å². The van der Waals surface area contributed by atoms with Gasteiger partial charge in [-0.3, -0.25) is 9.97 Å². The first kappa shape index (κ1) is 30.7. The van der Waals surface area contributed by atoms with E-state index < -0.39 is 5.54 Å². The highest BCUT2D eigenvalue weighted by Crippen LogP contribution is 2.59. The molecule has 1 spiro atoms. The quantitative estimate of drug-likeness (QED) is 0.182. The van der Waals surface area contributed by atoms with Crippen molar-refractivity contribution in [3.8, 4) is 50.7 Å². The molecule has 1 aliphatic heterocycles. The molecule has 5 heteroatoms. The van der Waals surface area contributed by atoms with Crippen LogP contribution in [0.3, 0.4) is 0 Å². The molecule has 11 aromatic rings. The summed E-state index contributed by atoms with van der Waals surface area (Å²) in [5, 5.41) is 5.03. The lowest BCUT2D eigenvalue weighted by atomic mass is 9.78. The molecule has 0 bridgehead atoms. The summed E-state index contributed by atoms with van der Waals surface area (Å²) in [6.07, 6.45) is 3.65. The van der Waals surface area contributed by atoms with Gasteiger partial charge in [0.05, 0.1) is 50.5 Å². The number of fused-ring (bicyclic) bond motifs is 15. The van der Waals surface area contributed by atoms with Gasteiger partial charge in [-0.1, -0.05) is 115 Å². The van der Waals surface area contributed by atoms with Gasteiger partial charge in [-0.2, -0.15) is 0 Å². The van der Waals surface area contributed by atoms with Crippen LogP contribution in [0, 0.1) is 0 Å². The molecule has 57 heavy (non-hydrogen) atoms. The first-order chi connectivity index (χ1) is 28.3. The van der Waals surface area contributed by atoms with E-state index in [1.165, 1.54) is 77.1 Å². The van der Waals surface area contributed by atoms with Gasteiger partial charge in [0.2, 0.25) is 0 Å². The minimum absolute atomic E-state index is 0.713. The van der Waals surface area contributed by atoms with Crippen LogP contribution < -0.4 is 0 Å². The van der Waals surface area contributed by atoms with Crippen LogP contribution in [0.2, 0.25) is 0 Å². The summed E-state index contributed by atoms with van der Waals surface area (Å²) in [5.74, 6) is 0. The van der Waals surface area contributed by atoms with Gasteiger partial charge in [0.1, 0.15) is 5.54 Å². The maximum absolute atomic E-state index is 5.11. The smallest absolute Gasteiger partial charge is 0.124 e. The lowest BCUT2D eigenvalue weighted by molar-refractivity contribution is 0.566. The summed E-state index contributed by atoms with van der Waals surface area (Å²) in [5.41, 5.74) is 17.1. The van der Waals surface area contributed by atoms with Gasteiger partial charge >= 0.3 is 0 Å². The summed E-state index contributed by atoms with van der Waals surface area (Å²) in [7, 11) is 0. The number of hydrogen-bond acceptors (Lipinski definition) is 3. The van der Waals surface area contributed by atoms with E-state index in [1.54, 1.807) is 0 Å². The van der Waals surface area contributed by atoms with Crippen molar-refractivity contribution in [2.24, 2.45) is 0 Å². The van der Waals surface area contributed by atoms with Gasteiger partial charge in [-0.05, 0) is 94.0 Å². The van der Waals surface area contributed by atoms with E-state index in [1.807, 2.05) is 48.8 Å². The first-order valence-corrected chi connectivity index (χ1v) is 19.4. The molecule has 5 aromatic heterocycles. The molecule has 0 saturated carbocycles. The number of para-hydroxylation sites is 3. The van der Waals surface area contributed by atoms with Crippen molar-refractivity contribution < 1.29 is 0 Å². The van der Waals surface area contributed by atoms with Crippen molar-refractivity contribution in [2.45, 2.75) is 5.54 Å². The normalized spacial score (nSPS) is 15.1. The van der Waals surface area contributed by atoms with E-state index in [-0.39, 0.29) is 0 Å². The number of hydrogen-bond donors (Lipinski definition) is 0. The second-order valence-corrected chi connectivity index (χ2v) is 15.2. The molecular formula is C52H31N5. The fourth-order valence-electron chi connectivity index (χ4n) is 10.2. The van der Waals surface area contributed by atoms with Crippen LogP contribution in [0.15, 0.2) is 188 Å². The Bertz CT molecular complexity index is 3410. The maximum atomic E-state index is 5.11. The fraction of sp³-hybridized carbons (Fsp3) is 0.0192. The third-order valence-electron chi connectivity index (χ3n) is 12.4. The SMILES string of the molecule is c1ccc(-c2cc(-c3ccc4c(c3)C3(c5ccccc5-4)c4ccccc4-n4c5ccccc5c5ccc6c7ccccc7n3c6c54)cc(-c3ccccn3)n2)nc1. The van der Waals surface area contributed by atoms with Gasteiger partial charge < -0.3 is 9.13 Å². The highest BCUT2D eigenvalue weighted by molar-refractivity contribution is 6.24. The van der Waals surface area contributed by atoms with Crippen LogP contribution in [0.5, 0.6) is 0 Å². The van der Waals surface area contributed by atoms with Crippen LogP contribution >= 0.6 is 0 Å². The molecule has 0 saturated heterocycles. The predicted molar refractivity (Wildman–Crippen MR) is 231 cm³/mol. The molecule has 1 atom stereocenters. The van der Waals surface area contributed by atoms with Crippen molar-refractivity contribution >= 4 is 43.6 Å². The minimum Gasteiger partial charge on any atom is -0.320 e. The molecule has 0 amide bonds. The highest BCUT2D eigenvalue weighted by atomic mass is 15.1. The summed E-state index contributed by atoms with van der Waals surface area (Å²) >= 11 is 0. The van der Waals surface area contributed by atoms with Gasteiger partial charge in [-0.15, -0.1) is 0 Å². The topological polar surface area (TPSA) is 48.5 Å². The summed E-state index contributed by atoms with van der Waals surface area (Å²) in [6.45, 7) is 0. The maximum Gasteiger partial charge on any atom is 0.124 e. The van der Waals surface area contributed by atoms with Crippen LogP contribution in [-0.4, -0.2) is 24.1 Å². The number of pyridine rings is 3. The van der Waals surface area contributed by atoms with Crippen LogP contribution in [0.25, 0.3) is 94.3 Å². The van der Waals surface area contributed by atoms with Crippen molar-refractivity contribution in [2.75, 3.05) is 0 Å².